The van der Waals surface area contributed by atoms with E-state index in [9.17, 15) is 19.5 Å². The number of carbonyl (C=O) groups excluding carboxylic acids is 2. The first-order chi connectivity index (χ1) is 17.1. The van der Waals surface area contributed by atoms with Gasteiger partial charge in [0.2, 0.25) is 0 Å². The number of ether oxygens (including phenoxy) is 3. The lowest BCUT2D eigenvalue weighted by Gasteiger charge is -2.36. The first-order valence-electron chi connectivity index (χ1n) is 11.9. The van der Waals surface area contributed by atoms with E-state index in [1.54, 1.807) is 25.7 Å². The maximum atomic E-state index is 12.6. The Hall–Kier alpha value is -3.95. The summed E-state index contributed by atoms with van der Waals surface area (Å²) in [6, 6.07) is 12.5. The zero-order chi connectivity index (χ0) is 25.9. The molecule has 2 aliphatic rings. The van der Waals surface area contributed by atoms with E-state index in [2.05, 4.69) is 10.2 Å². The van der Waals surface area contributed by atoms with Crippen LogP contribution in [-0.4, -0.2) is 66.0 Å². The standard InChI is InChI=1S/C26H31N3O7/c1-26(2,3)36-24(32)27-20-14-22-21(13-19(20)23(30)31)29(11-12-34-22)18-9-10-28(15-18)25(33)35-16-17-7-5-4-6-8-17/h4-8,13-14,18H,9-12,15-16H2,1-3H3,(H,27,32)(H,30,31). The predicted molar refractivity (Wildman–Crippen MR) is 133 cm³/mol. The van der Waals surface area contributed by atoms with Crippen LogP contribution in [0.3, 0.4) is 0 Å². The molecule has 2 amide bonds. The number of carboxylic acids is 1. The number of nitrogens with zero attached hydrogens (tertiary/aromatic N) is 2. The number of rotatable bonds is 5. The molecule has 2 aromatic carbocycles. The molecule has 0 radical (unpaired) electrons. The van der Waals surface area contributed by atoms with E-state index in [-0.39, 0.29) is 30.0 Å². The van der Waals surface area contributed by atoms with Crippen molar-refractivity contribution in [3.05, 3.63) is 53.6 Å². The summed E-state index contributed by atoms with van der Waals surface area (Å²) in [6.07, 6.45) is -0.420. The van der Waals surface area contributed by atoms with Gasteiger partial charge in [0.25, 0.3) is 0 Å². The van der Waals surface area contributed by atoms with Gasteiger partial charge in [-0.3, -0.25) is 5.32 Å². The van der Waals surface area contributed by atoms with Crippen molar-refractivity contribution >= 4 is 29.5 Å². The smallest absolute Gasteiger partial charge is 0.412 e. The maximum Gasteiger partial charge on any atom is 0.412 e. The molecule has 0 aliphatic carbocycles. The molecule has 0 spiro atoms. The zero-order valence-electron chi connectivity index (χ0n) is 20.7. The third-order valence-electron chi connectivity index (χ3n) is 5.93. The van der Waals surface area contributed by atoms with Gasteiger partial charge in [-0.2, -0.15) is 0 Å². The lowest BCUT2D eigenvalue weighted by molar-refractivity contribution is 0.0635. The predicted octanol–water partition coefficient (Wildman–Crippen LogP) is 4.34. The van der Waals surface area contributed by atoms with Crippen molar-refractivity contribution < 1.29 is 33.7 Å². The fraction of sp³-hybridized carbons (Fsp3) is 0.423. The van der Waals surface area contributed by atoms with Gasteiger partial charge in [0.05, 0.1) is 23.5 Å². The maximum absolute atomic E-state index is 12.6. The fourth-order valence-electron chi connectivity index (χ4n) is 4.33. The minimum atomic E-state index is -1.19. The third-order valence-corrected chi connectivity index (χ3v) is 5.93. The van der Waals surface area contributed by atoms with Crippen molar-refractivity contribution in [1.82, 2.24) is 4.90 Å². The fourth-order valence-corrected chi connectivity index (χ4v) is 4.33. The van der Waals surface area contributed by atoms with E-state index in [1.165, 1.54) is 12.1 Å². The molecule has 2 aromatic rings. The zero-order valence-corrected chi connectivity index (χ0v) is 20.7. The largest absolute Gasteiger partial charge is 0.489 e. The van der Waals surface area contributed by atoms with Gasteiger partial charge in [-0.15, -0.1) is 0 Å². The lowest BCUT2D eigenvalue weighted by atomic mass is 10.1. The molecule has 2 aliphatic heterocycles. The molecule has 0 aromatic heterocycles. The van der Waals surface area contributed by atoms with Crippen molar-refractivity contribution in [1.29, 1.82) is 0 Å². The molecular formula is C26H31N3O7. The van der Waals surface area contributed by atoms with Crippen LogP contribution in [-0.2, 0) is 16.1 Å². The van der Waals surface area contributed by atoms with Crippen LogP contribution in [0.5, 0.6) is 5.75 Å². The summed E-state index contributed by atoms with van der Waals surface area (Å²) in [7, 11) is 0. The molecule has 1 atom stereocenters. The van der Waals surface area contributed by atoms with Gasteiger partial charge < -0.3 is 29.1 Å². The molecule has 0 saturated carbocycles. The highest BCUT2D eigenvalue weighted by atomic mass is 16.6. The topological polar surface area (TPSA) is 118 Å². The molecule has 1 saturated heterocycles. The lowest BCUT2D eigenvalue weighted by Crippen LogP contribution is -2.43. The van der Waals surface area contributed by atoms with E-state index in [0.29, 0.717) is 44.1 Å². The molecule has 0 bridgehead atoms. The summed E-state index contributed by atoms with van der Waals surface area (Å²) in [5, 5.41) is 12.3. The number of anilines is 2. The van der Waals surface area contributed by atoms with Crippen LogP contribution >= 0.6 is 0 Å². The SMILES string of the molecule is CC(C)(C)OC(=O)Nc1cc2c(cc1C(=O)O)N(C1CCN(C(=O)OCc3ccccc3)C1)CCO2. The number of carbonyl (C=O) groups is 3. The minimum Gasteiger partial charge on any atom is -0.489 e. The monoisotopic (exact) mass is 497 g/mol. The molecule has 1 unspecified atom stereocenters. The molecule has 10 nitrogen and oxygen atoms in total. The Labute approximate surface area is 209 Å². The van der Waals surface area contributed by atoms with Crippen LogP contribution in [0, 0.1) is 0 Å². The van der Waals surface area contributed by atoms with Gasteiger partial charge in [-0.25, -0.2) is 14.4 Å². The average Bonchev–Trinajstić information content (AvgIpc) is 3.31. The quantitative estimate of drug-likeness (QED) is 0.626. The highest BCUT2D eigenvalue weighted by molar-refractivity contribution is 6.00. The first kappa shape index (κ1) is 25.2. The van der Waals surface area contributed by atoms with Crippen molar-refractivity contribution in [2.45, 2.75) is 45.4 Å². The van der Waals surface area contributed by atoms with Crippen LogP contribution < -0.4 is 15.0 Å². The van der Waals surface area contributed by atoms with Gasteiger partial charge in [0.1, 0.15) is 24.6 Å². The molecule has 2 N–H and O–H groups in total. The minimum absolute atomic E-state index is 0.0248. The summed E-state index contributed by atoms with van der Waals surface area (Å²) in [5.74, 6) is -0.727. The highest BCUT2D eigenvalue weighted by Gasteiger charge is 2.35. The van der Waals surface area contributed by atoms with Crippen molar-refractivity contribution in [2.75, 3.05) is 36.5 Å². The van der Waals surface area contributed by atoms with E-state index in [4.69, 9.17) is 14.2 Å². The van der Waals surface area contributed by atoms with E-state index in [1.807, 2.05) is 30.3 Å². The van der Waals surface area contributed by atoms with E-state index < -0.39 is 17.7 Å². The Morgan fingerprint density at radius 3 is 2.58 bits per heavy atom. The van der Waals surface area contributed by atoms with Crippen molar-refractivity contribution in [2.24, 2.45) is 0 Å². The summed E-state index contributed by atoms with van der Waals surface area (Å²) in [5.41, 5.74) is 0.812. The molecule has 192 valence electrons. The van der Waals surface area contributed by atoms with Gasteiger partial charge in [0.15, 0.2) is 0 Å². The number of likely N-dealkylation sites (tertiary alicyclic amines) is 1. The molecule has 1 fully saturated rings. The number of nitrogens with one attached hydrogen (secondary N) is 1. The van der Waals surface area contributed by atoms with Gasteiger partial charge in [0, 0.05) is 25.2 Å². The molecule has 36 heavy (non-hydrogen) atoms. The average molecular weight is 498 g/mol. The van der Waals surface area contributed by atoms with Crippen LogP contribution in [0.15, 0.2) is 42.5 Å². The third kappa shape index (κ3) is 5.99. The number of carboxylic acid groups (broad SMARTS) is 1. The van der Waals surface area contributed by atoms with E-state index >= 15 is 0 Å². The summed E-state index contributed by atoms with van der Waals surface area (Å²) < 4.78 is 16.5. The number of hydrogen-bond donors (Lipinski definition) is 2. The Balaban J connectivity index is 1.47. The molecule has 10 heteroatoms. The van der Waals surface area contributed by atoms with Gasteiger partial charge >= 0.3 is 18.2 Å². The Morgan fingerprint density at radius 1 is 1.14 bits per heavy atom. The van der Waals surface area contributed by atoms with Gasteiger partial charge in [-0.05, 0) is 38.8 Å². The highest BCUT2D eigenvalue weighted by Crippen LogP contribution is 2.39. The molecule has 2 heterocycles. The summed E-state index contributed by atoms with van der Waals surface area (Å²) in [4.78, 5) is 40.6. The van der Waals surface area contributed by atoms with Crippen molar-refractivity contribution in [3.63, 3.8) is 0 Å². The number of amides is 2. The van der Waals surface area contributed by atoms with E-state index in [0.717, 1.165) is 5.56 Å². The number of benzene rings is 2. The first-order valence-corrected chi connectivity index (χ1v) is 11.9. The molecule has 4 rings (SSSR count). The van der Waals surface area contributed by atoms with Crippen LogP contribution in [0.2, 0.25) is 0 Å². The summed E-state index contributed by atoms with van der Waals surface area (Å²) >= 11 is 0. The Morgan fingerprint density at radius 2 is 1.89 bits per heavy atom. The number of hydrogen-bond acceptors (Lipinski definition) is 7. The Kier molecular flexibility index (Phi) is 7.23. The second kappa shape index (κ2) is 10.3. The van der Waals surface area contributed by atoms with Crippen LogP contribution in [0.1, 0.15) is 43.1 Å². The number of aromatic carboxylic acids is 1. The normalized spacial score (nSPS) is 17.1. The number of fused-ring (bicyclic) bond motifs is 1. The molecular weight excluding hydrogens is 466 g/mol. The van der Waals surface area contributed by atoms with Crippen LogP contribution in [0.25, 0.3) is 0 Å². The van der Waals surface area contributed by atoms with Crippen LogP contribution in [0.4, 0.5) is 21.0 Å². The van der Waals surface area contributed by atoms with Crippen molar-refractivity contribution in [3.8, 4) is 5.75 Å². The second-order valence-corrected chi connectivity index (χ2v) is 9.77. The second-order valence-electron chi connectivity index (χ2n) is 9.77. The summed E-state index contributed by atoms with van der Waals surface area (Å²) in [6.45, 7) is 7.30. The Bertz CT molecular complexity index is 1130. The van der Waals surface area contributed by atoms with Gasteiger partial charge in [-0.1, -0.05) is 30.3 Å².